The largest absolute Gasteiger partial charge is 0.245 e. The van der Waals surface area contributed by atoms with Gasteiger partial charge in [0.2, 0.25) is 5.92 Å². The second-order valence-electron chi connectivity index (χ2n) is 3.22. The summed E-state index contributed by atoms with van der Waals surface area (Å²) in [5.74, 6) is -1.58. The second-order valence-corrected chi connectivity index (χ2v) is 3.53. The highest BCUT2D eigenvalue weighted by Gasteiger charge is 2.20. The quantitative estimate of drug-likeness (QED) is 0.572. The summed E-state index contributed by atoms with van der Waals surface area (Å²) in [6, 6.07) is 0. The molecule has 0 amide bonds. The zero-order valence-electron chi connectivity index (χ0n) is 7.04. The maximum absolute atomic E-state index is 12.2. The summed E-state index contributed by atoms with van der Waals surface area (Å²) < 4.78 is 24.5. The molecule has 11 heavy (non-hydrogen) atoms. The molecule has 0 nitrogen and oxygen atoms in total. The van der Waals surface area contributed by atoms with E-state index in [0.29, 0.717) is 18.2 Å². The van der Waals surface area contributed by atoms with Crippen LogP contribution in [-0.2, 0) is 0 Å². The molecule has 0 rings (SSSR count). The molecule has 0 N–H and O–H groups in total. The molecule has 0 aliphatic heterocycles. The van der Waals surface area contributed by atoms with Crippen molar-refractivity contribution in [2.24, 2.45) is 5.92 Å². The maximum Gasteiger partial charge on any atom is 0.245 e. The van der Waals surface area contributed by atoms with E-state index in [9.17, 15) is 8.78 Å². The van der Waals surface area contributed by atoms with E-state index in [1.165, 1.54) is 0 Å². The second kappa shape index (κ2) is 4.91. The molecule has 0 aromatic heterocycles. The number of hydrogen-bond acceptors (Lipinski definition) is 0. The van der Waals surface area contributed by atoms with Gasteiger partial charge in [0.25, 0.3) is 0 Å². The summed E-state index contributed by atoms with van der Waals surface area (Å²) in [4.78, 5) is 0. The van der Waals surface area contributed by atoms with Crippen LogP contribution in [0.15, 0.2) is 0 Å². The molecule has 68 valence electrons. The van der Waals surface area contributed by atoms with Crippen molar-refractivity contribution in [3.8, 4) is 0 Å². The van der Waals surface area contributed by atoms with Crippen LogP contribution in [0.25, 0.3) is 0 Å². The Kier molecular flexibility index (Phi) is 4.98. The average molecular weight is 185 g/mol. The summed E-state index contributed by atoms with van der Waals surface area (Å²) >= 11 is 5.51. The van der Waals surface area contributed by atoms with Crippen LogP contribution in [0.5, 0.6) is 0 Å². The Morgan fingerprint density at radius 3 is 2.36 bits per heavy atom. The molecule has 0 fully saturated rings. The Labute approximate surface area is 71.9 Å². The Morgan fingerprint density at radius 2 is 2.00 bits per heavy atom. The van der Waals surface area contributed by atoms with Crippen LogP contribution >= 0.6 is 11.6 Å². The molecule has 1 atom stereocenters. The third-order valence-corrected chi connectivity index (χ3v) is 2.10. The molecule has 0 heterocycles. The molecule has 0 aromatic rings. The Bertz CT molecular complexity index is 98.8. The first-order chi connectivity index (χ1) is 4.95. The van der Waals surface area contributed by atoms with Crippen LogP contribution in [0.1, 0.15) is 33.1 Å². The van der Waals surface area contributed by atoms with Gasteiger partial charge in [0, 0.05) is 12.3 Å². The van der Waals surface area contributed by atoms with Crippen LogP contribution in [0.3, 0.4) is 0 Å². The summed E-state index contributed by atoms with van der Waals surface area (Å²) in [6.45, 7) is 2.93. The fourth-order valence-corrected chi connectivity index (χ4v) is 0.992. The minimum atomic E-state index is -2.51. The molecule has 0 aliphatic rings. The highest BCUT2D eigenvalue weighted by Crippen LogP contribution is 2.21. The zero-order valence-corrected chi connectivity index (χ0v) is 7.80. The minimum absolute atomic E-state index is 0.0196. The molecular formula is C8H15ClF2. The molecule has 3 heteroatoms. The lowest BCUT2D eigenvalue weighted by molar-refractivity contribution is 0.00977. The Morgan fingerprint density at radius 1 is 1.45 bits per heavy atom. The summed E-state index contributed by atoms with van der Waals surface area (Å²) in [5, 5.41) is 0. The van der Waals surface area contributed by atoms with Crippen LogP contribution in [0.4, 0.5) is 8.78 Å². The van der Waals surface area contributed by atoms with Crippen molar-refractivity contribution in [1.82, 2.24) is 0 Å². The number of halogens is 3. The third kappa shape index (κ3) is 8.05. The van der Waals surface area contributed by atoms with Crippen molar-refractivity contribution < 1.29 is 8.78 Å². The fourth-order valence-electron chi connectivity index (χ4n) is 0.838. The van der Waals surface area contributed by atoms with Gasteiger partial charge in [-0.05, 0) is 25.7 Å². The molecule has 0 saturated heterocycles. The van der Waals surface area contributed by atoms with Gasteiger partial charge < -0.3 is 0 Å². The van der Waals surface area contributed by atoms with Crippen molar-refractivity contribution in [3.05, 3.63) is 0 Å². The number of alkyl halides is 3. The van der Waals surface area contributed by atoms with Gasteiger partial charge >= 0.3 is 0 Å². The van der Waals surface area contributed by atoms with Crippen LogP contribution in [-0.4, -0.2) is 11.8 Å². The zero-order chi connectivity index (χ0) is 8.91. The van der Waals surface area contributed by atoms with Gasteiger partial charge in [0.1, 0.15) is 0 Å². The molecular weight excluding hydrogens is 170 g/mol. The SMILES string of the molecule is CC(CCl)CCCC(C)(F)F. The van der Waals surface area contributed by atoms with Crippen molar-refractivity contribution in [2.75, 3.05) is 5.88 Å². The van der Waals surface area contributed by atoms with Gasteiger partial charge in [-0.3, -0.25) is 0 Å². The molecule has 0 saturated carbocycles. The van der Waals surface area contributed by atoms with E-state index in [0.717, 1.165) is 13.3 Å². The normalized spacial score (nSPS) is 15.0. The molecule has 0 aromatic carbocycles. The first-order valence-electron chi connectivity index (χ1n) is 3.89. The summed E-state index contributed by atoms with van der Waals surface area (Å²) in [5.41, 5.74) is 0. The van der Waals surface area contributed by atoms with E-state index in [1.54, 1.807) is 0 Å². The first-order valence-corrected chi connectivity index (χ1v) is 4.43. The average Bonchev–Trinajstić information content (AvgIpc) is 1.85. The highest BCUT2D eigenvalue weighted by molar-refractivity contribution is 6.18. The molecule has 0 aliphatic carbocycles. The molecule has 1 unspecified atom stereocenters. The summed E-state index contributed by atoms with van der Waals surface area (Å²) in [6.07, 6.45) is 1.35. The van der Waals surface area contributed by atoms with Gasteiger partial charge in [-0.15, -0.1) is 11.6 Å². The van der Waals surface area contributed by atoms with E-state index in [1.807, 2.05) is 6.92 Å². The fraction of sp³-hybridized carbons (Fsp3) is 1.00. The van der Waals surface area contributed by atoms with E-state index >= 15 is 0 Å². The first kappa shape index (κ1) is 11.2. The van der Waals surface area contributed by atoms with Crippen LogP contribution in [0.2, 0.25) is 0 Å². The smallest absolute Gasteiger partial charge is 0.207 e. The summed E-state index contributed by atoms with van der Waals surface area (Å²) in [7, 11) is 0. The van der Waals surface area contributed by atoms with Gasteiger partial charge in [-0.25, -0.2) is 8.78 Å². The third-order valence-electron chi connectivity index (χ3n) is 1.58. The predicted octanol–water partition coefficient (Wildman–Crippen LogP) is 3.69. The monoisotopic (exact) mass is 184 g/mol. The van der Waals surface area contributed by atoms with Gasteiger partial charge in [-0.2, -0.15) is 0 Å². The van der Waals surface area contributed by atoms with Crippen molar-refractivity contribution >= 4 is 11.6 Å². The van der Waals surface area contributed by atoms with Crippen LogP contribution in [0, 0.1) is 5.92 Å². The topological polar surface area (TPSA) is 0 Å². The van der Waals surface area contributed by atoms with Crippen molar-refractivity contribution in [1.29, 1.82) is 0 Å². The van der Waals surface area contributed by atoms with E-state index in [4.69, 9.17) is 11.6 Å². The Balaban J connectivity index is 3.28. The lowest BCUT2D eigenvalue weighted by Crippen LogP contribution is -2.09. The molecule has 0 spiro atoms. The highest BCUT2D eigenvalue weighted by atomic mass is 35.5. The van der Waals surface area contributed by atoms with Gasteiger partial charge in [0.05, 0.1) is 0 Å². The lowest BCUT2D eigenvalue weighted by Gasteiger charge is -2.11. The molecule has 0 radical (unpaired) electrons. The number of hydrogen-bond donors (Lipinski definition) is 0. The van der Waals surface area contributed by atoms with E-state index in [-0.39, 0.29) is 6.42 Å². The van der Waals surface area contributed by atoms with Crippen LogP contribution < -0.4 is 0 Å². The standard InChI is InChI=1S/C8H15ClF2/c1-7(6-9)4-3-5-8(2,10)11/h7H,3-6H2,1-2H3. The maximum atomic E-state index is 12.2. The van der Waals surface area contributed by atoms with E-state index in [2.05, 4.69) is 0 Å². The van der Waals surface area contributed by atoms with Crippen molar-refractivity contribution in [2.45, 2.75) is 39.0 Å². The number of rotatable bonds is 5. The molecule has 0 bridgehead atoms. The minimum Gasteiger partial charge on any atom is -0.207 e. The predicted molar refractivity (Wildman–Crippen MR) is 44.4 cm³/mol. The van der Waals surface area contributed by atoms with E-state index < -0.39 is 5.92 Å². The lowest BCUT2D eigenvalue weighted by atomic mass is 10.0. The van der Waals surface area contributed by atoms with Gasteiger partial charge in [0.15, 0.2) is 0 Å². The Hall–Kier alpha value is 0.150. The van der Waals surface area contributed by atoms with Crippen molar-refractivity contribution in [3.63, 3.8) is 0 Å². The van der Waals surface area contributed by atoms with Gasteiger partial charge in [-0.1, -0.05) is 6.92 Å².